The van der Waals surface area contributed by atoms with Crippen LogP contribution in [0, 0.1) is 13.8 Å². The number of nitrogens with zero attached hydrogens (tertiary/aromatic N) is 1. The van der Waals surface area contributed by atoms with E-state index in [0.29, 0.717) is 0 Å². The SMILES string of the molecule is Cc1nc(C)c(C(=O)NC2CCCNC2)s1. The lowest BCUT2D eigenvalue weighted by Gasteiger charge is -2.23. The number of hydrogen-bond acceptors (Lipinski definition) is 4. The molecule has 0 bridgehead atoms. The average molecular weight is 239 g/mol. The Kier molecular flexibility index (Phi) is 3.56. The smallest absolute Gasteiger partial charge is 0.263 e. The predicted molar refractivity (Wildman–Crippen MR) is 64.9 cm³/mol. The van der Waals surface area contributed by atoms with Gasteiger partial charge in [-0.15, -0.1) is 11.3 Å². The second kappa shape index (κ2) is 4.93. The van der Waals surface area contributed by atoms with Gasteiger partial charge in [0.05, 0.1) is 10.7 Å². The lowest BCUT2D eigenvalue weighted by atomic mass is 10.1. The van der Waals surface area contributed by atoms with E-state index >= 15 is 0 Å². The molecular weight excluding hydrogens is 222 g/mol. The molecule has 0 saturated carbocycles. The third-order valence-corrected chi connectivity index (χ3v) is 3.81. The molecular formula is C11H17N3OS. The second-order valence-electron chi connectivity index (χ2n) is 4.16. The zero-order chi connectivity index (χ0) is 11.5. The monoisotopic (exact) mass is 239 g/mol. The Morgan fingerprint density at radius 3 is 2.94 bits per heavy atom. The lowest BCUT2D eigenvalue weighted by molar-refractivity contribution is 0.0934. The molecule has 16 heavy (non-hydrogen) atoms. The van der Waals surface area contributed by atoms with Crippen molar-refractivity contribution < 1.29 is 4.79 Å². The minimum Gasteiger partial charge on any atom is -0.347 e. The number of piperidine rings is 1. The van der Waals surface area contributed by atoms with Crippen LogP contribution in [0.2, 0.25) is 0 Å². The van der Waals surface area contributed by atoms with Crippen LogP contribution in [0.15, 0.2) is 0 Å². The fourth-order valence-corrected chi connectivity index (χ4v) is 2.79. The van der Waals surface area contributed by atoms with E-state index in [-0.39, 0.29) is 11.9 Å². The van der Waals surface area contributed by atoms with Crippen LogP contribution in [0.1, 0.15) is 33.2 Å². The van der Waals surface area contributed by atoms with Crippen molar-refractivity contribution in [1.82, 2.24) is 15.6 Å². The van der Waals surface area contributed by atoms with Crippen molar-refractivity contribution in [2.75, 3.05) is 13.1 Å². The maximum atomic E-state index is 12.0. The highest BCUT2D eigenvalue weighted by atomic mass is 32.1. The number of carbonyl (C=O) groups is 1. The summed E-state index contributed by atoms with van der Waals surface area (Å²) in [5.74, 6) is 0.0248. The highest BCUT2D eigenvalue weighted by Crippen LogP contribution is 2.17. The number of rotatable bonds is 2. The summed E-state index contributed by atoms with van der Waals surface area (Å²) < 4.78 is 0. The highest BCUT2D eigenvalue weighted by Gasteiger charge is 2.19. The van der Waals surface area contributed by atoms with Crippen molar-refractivity contribution in [1.29, 1.82) is 0 Å². The van der Waals surface area contributed by atoms with Crippen molar-refractivity contribution in [2.24, 2.45) is 0 Å². The van der Waals surface area contributed by atoms with E-state index in [1.165, 1.54) is 11.3 Å². The maximum Gasteiger partial charge on any atom is 0.263 e. The summed E-state index contributed by atoms with van der Waals surface area (Å²) >= 11 is 1.47. The second-order valence-corrected chi connectivity index (χ2v) is 5.37. The molecule has 1 aliphatic rings. The van der Waals surface area contributed by atoms with E-state index in [9.17, 15) is 4.79 Å². The molecule has 1 atom stereocenters. The van der Waals surface area contributed by atoms with Gasteiger partial charge in [-0.05, 0) is 33.2 Å². The third kappa shape index (κ3) is 2.59. The molecule has 4 nitrogen and oxygen atoms in total. The van der Waals surface area contributed by atoms with Crippen LogP contribution in [-0.2, 0) is 0 Å². The Balaban J connectivity index is 1.99. The minimum absolute atomic E-state index is 0.0248. The first-order chi connectivity index (χ1) is 7.66. The van der Waals surface area contributed by atoms with Gasteiger partial charge < -0.3 is 10.6 Å². The van der Waals surface area contributed by atoms with E-state index < -0.39 is 0 Å². The van der Waals surface area contributed by atoms with E-state index in [1.807, 2.05) is 13.8 Å². The van der Waals surface area contributed by atoms with Gasteiger partial charge in [0, 0.05) is 12.6 Å². The number of nitrogens with one attached hydrogen (secondary N) is 2. The predicted octanol–water partition coefficient (Wildman–Crippen LogP) is 1.24. The van der Waals surface area contributed by atoms with Gasteiger partial charge in [0.2, 0.25) is 0 Å². The molecule has 1 aromatic heterocycles. The zero-order valence-electron chi connectivity index (χ0n) is 9.67. The van der Waals surface area contributed by atoms with Crippen LogP contribution in [0.4, 0.5) is 0 Å². The molecule has 0 radical (unpaired) electrons. The summed E-state index contributed by atoms with van der Waals surface area (Å²) in [7, 11) is 0. The first-order valence-corrected chi connectivity index (χ1v) is 6.44. The van der Waals surface area contributed by atoms with Gasteiger partial charge in [-0.3, -0.25) is 4.79 Å². The van der Waals surface area contributed by atoms with E-state index in [1.54, 1.807) is 0 Å². The number of carbonyl (C=O) groups excluding carboxylic acids is 1. The molecule has 2 rings (SSSR count). The van der Waals surface area contributed by atoms with Gasteiger partial charge in [0.1, 0.15) is 4.88 Å². The molecule has 2 heterocycles. The molecule has 2 N–H and O–H groups in total. The van der Waals surface area contributed by atoms with Gasteiger partial charge in [-0.2, -0.15) is 0 Å². The van der Waals surface area contributed by atoms with Crippen LogP contribution in [0.5, 0.6) is 0 Å². The molecule has 1 unspecified atom stereocenters. The zero-order valence-corrected chi connectivity index (χ0v) is 10.5. The first kappa shape index (κ1) is 11.5. The van der Waals surface area contributed by atoms with E-state index in [0.717, 1.165) is 41.5 Å². The van der Waals surface area contributed by atoms with Crippen molar-refractivity contribution in [3.63, 3.8) is 0 Å². The Morgan fingerprint density at radius 1 is 1.56 bits per heavy atom. The third-order valence-electron chi connectivity index (χ3n) is 2.74. The van der Waals surface area contributed by atoms with Gasteiger partial charge >= 0.3 is 0 Å². The summed E-state index contributed by atoms with van der Waals surface area (Å²) in [4.78, 5) is 17.0. The number of amides is 1. The summed E-state index contributed by atoms with van der Waals surface area (Å²) in [5.41, 5.74) is 0.837. The van der Waals surface area contributed by atoms with Crippen molar-refractivity contribution in [3.05, 3.63) is 15.6 Å². The molecule has 0 spiro atoms. The fourth-order valence-electron chi connectivity index (χ4n) is 1.97. The van der Waals surface area contributed by atoms with Crippen LogP contribution in [0.3, 0.4) is 0 Å². The molecule has 1 fully saturated rings. The molecule has 1 saturated heterocycles. The molecule has 0 aliphatic carbocycles. The van der Waals surface area contributed by atoms with Gasteiger partial charge in [-0.25, -0.2) is 4.98 Å². The van der Waals surface area contributed by atoms with Gasteiger partial charge in [0.25, 0.3) is 5.91 Å². The Labute approximate surface area is 99.5 Å². The standard InChI is InChI=1S/C11H17N3OS/c1-7-10(16-8(2)13-7)11(15)14-9-4-3-5-12-6-9/h9,12H,3-6H2,1-2H3,(H,14,15). The largest absolute Gasteiger partial charge is 0.347 e. The Hall–Kier alpha value is -0.940. The van der Waals surface area contributed by atoms with Gasteiger partial charge in [0.15, 0.2) is 0 Å². The highest BCUT2D eigenvalue weighted by molar-refractivity contribution is 7.13. The van der Waals surface area contributed by atoms with E-state index in [2.05, 4.69) is 15.6 Å². The molecule has 1 aliphatic heterocycles. The molecule has 0 aromatic carbocycles. The topological polar surface area (TPSA) is 54.0 Å². The van der Waals surface area contributed by atoms with Crippen LogP contribution >= 0.6 is 11.3 Å². The van der Waals surface area contributed by atoms with Crippen LogP contribution < -0.4 is 10.6 Å². The first-order valence-electron chi connectivity index (χ1n) is 5.62. The van der Waals surface area contributed by atoms with Crippen LogP contribution in [0.25, 0.3) is 0 Å². The summed E-state index contributed by atoms with van der Waals surface area (Å²) in [6.45, 7) is 5.75. The Morgan fingerprint density at radius 2 is 2.38 bits per heavy atom. The minimum atomic E-state index is 0.0248. The fraction of sp³-hybridized carbons (Fsp3) is 0.636. The lowest BCUT2D eigenvalue weighted by Crippen LogP contribution is -2.45. The summed E-state index contributed by atoms with van der Waals surface area (Å²) in [5, 5.41) is 7.29. The number of thiazole rings is 1. The van der Waals surface area contributed by atoms with E-state index in [4.69, 9.17) is 0 Å². The Bertz CT molecular complexity index is 383. The summed E-state index contributed by atoms with van der Waals surface area (Å²) in [6, 6.07) is 0.267. The molecule has 1 amide bonds. The maximum absolute atomic E-state index is 12.0. The van der Waals surface area contributed by atoms with Crippen molar-refractivity contribution in [2.45, 2.75) is 32.7 Å². The average Bonchev–Trinajstić information content (AvgIpc) is 2.59. The van der Waals surface area contributed by atoms with Gasteiger partial charge in [-0.1, -0.05) is 0 Å². The quantitative estimate of drug-likeness (QED) is 0.816. The van der Waals surface area contributed by atoms with Crippen molar-refractivity contribution in [3.8, 4) is 0 Å². The molecule has 88 valence electrons. The molecule has 1 aromatic rings. The normalized spacial score (nSPS) is 20.8. The number of aromatic nitrogens is 1. The van der Waals surface area contributed by atoms with Crippen LogP contribution in [-0.4, -0.2) is 30.0 Å². The number of aryl methyl sites for hydroxylation is 2. The molecule has 5 heteroatoms. The van der Waals surface area contributed by atoms with Crippen molar-refractivity contribution >= 4 is 17.2 Å². The summed E-state index contributed by atoms with van der Waals surface area (Å²) in [6.07, 6.45) is 2.20. The number of hydrogen-bond donors (Lipinski definition) is 2.